The molecule has 2 aromatic heterocycles. The monoisotopic (exact) mass is 466 g/mol. The van der Waals surface area contributed by atoms with E-state index in [2.05, 4.69) is 39.8 Å². The van der Waals surface area contributed by atoms with E-state index in [1.165, 1.54) is 0 Å². The zero-order valence-electron chi connectivity index (χ0n) is 20.4. The third kappa shape index (κ3) is 5.05. The summed E-state index contributed by atoms with van der Waals surface area (Å²) in [5.41, 5.74) is 1.76. The number of pyridine rings is 1. The highest BCUT2D eigenvalue weighted by Gasteiger charge is 2.38. The second-order valence-electron chi connectivity index (χ2n) is 9.25. The van der Waals surface area contributed by atoms with Crippen molar-refractivity contribution in [1.82, 2.24) is 15.0 Å². The van der Waals surface area contributed by atoms with Gasteiger partial charge >= 0.3 is 0 Å². The predicted octanol–water partition coefficient (Wildman–Crippen LogP) is 1.76. The topological polar surface area (TPSA) is 99.9 Å². The number of nitrogens with zero attached hydrogens (tertiary/aromatic N) is 4. The van der Waals surface area contributed by atoms with Crippen LogP contribution in [0.2, 0.25) is 0 Å². The van der Waals surface area contributed by atoms with Crippen LogP contribution in [-0.2, 0) is 4.74 Å². The van der Waals surface area contributed by atoms with Crippen LogP contribution in [0.3, 0.4) is 0 Å². The van der Waals surface area contributed by atoms with Crippen LogP contribution in [0.15, 0.2) is 46.5 Å². The molecular formula is C25H36N7O2+. The van der Waals surface area contributed by atoms with Gasteiger partial charge in [-0.05, 0) is 56.7 Å². The summed E-state index contributed by atoms with van der Waals surface area (Å²) in [7, 11) is 1.76. The maximum Gasteiger partial charge on any atom is 0.261 e. The van der Waals surface area contributed by atoms with Crippen molar-refractivity contribution < 1.29 is 9.64 Å². The van der Waals surface area contributed by atoms with Gasteiger partial charge in [0.1, 0.15) is 16.9 Å². The molecule has 0 aromatic carbocycles. The van der Waals surface area contributed by atoms with Crippen molar-refractivity contribution >= 4 is 29.0 Å². The number of H-pyrrole nitrogens is 1. The summed E-state index contributed by atoms with van der Waals surface area (Å²) >= 11 is 0. The molecule has 9 nitrogen and oxygen atoms in total. The van der Waals surface area contributed by atoms with Crippen LogP contribution in [0, 0.1) is 5.41 Å². The Morgan fingerprint density at radius 2 is 2.21 bits per heavy atom. The molecular weight excluding hydrogens is 430 g/mol. The molecule has 4 heterocycles. The summed E-state index contributed by atoms with van der Waals surface area (Å²) < 4.78 is 5.67. The third-order valence-electron chi connectivity index (χ3n) is 6.95. The van der Waals surface area contributed by atoms with Crippen molar-refractivity contribution in [2.75, 3.05) is 50.1 Å². The van der Waals surface area contributed by atoms with E-state index in [4.69, 9.17) is 14.7 Å². The standard InChI is InChI=1S/C25H35N7O2/c1-5-19(31(6-2)17-26-4)15-18(3)28-22-21-20(7-11-27-23(21)33)29-24(30-22)32-12-8-25(9-13-32)10-14-34-16-25/h5,7,11,15,17-18H,1,6,8-10,12-14,16H2,2-4H3,(H,27,33)(H,28,29,30)/p+1. The number of hydrogen-bond donors (Lipinski definition) is 3. The van der Waals surface area contributed by atoms with Crippen LogP contribution in [-0.4, -0.2) is 67.2 Å². The number of nitrogens with one attached hydrogen (secondary N) is 3. The van der Waals surface area contributed by atoms with E-state index in [1.54, 1.807) is 13.2 Å². The van der Waals surface area contributed by atoms with Crippen molar-refractivity contribution in [3.63, 3.8) is 0 Å². The van der Waals surface area contributed by atoms with Crippen molar-refractivity contribution in [1.29, 1.82) is 0 Å². The van der Waals surface area contributed by atoms with Gasteiger partial charge in [0.05, 0.1) is 18.7 Å². The van der Waals surface area contributed by atoms with E-state index < -0.39 is 0 Å². The van der Waals surface area contributed by atoms with E-state index in [0.29, 0.717) is 28.1 Å². The molecule has 2 aliphatic rings. The lowest BCUT2D eigenvalue weighted by Gasteiger charge is -2.38. The molecule has 2 atom stereocenters. The maximum absolute atomic E-state index is 12.7. The molecule has 182 valence electrons. The van der Waals surface area contributed by atoms with Gasteiger partial charge in [0.25, 0.3) is 5.56 Å². The summed E-state index contributed by atoms with van der Waals surface area (Å²) in [6.07, 6.45) is 10.7. The fourth-order valence-electron chi connectivity index (χ4n) is 4.91. The minimum Gasteiger partial charge on any atom is -0.381 e. The number of aliphatic imine (C=N–C) groups is 1. The van der Waals surface area contributed by atoms with Crippen LogP contribution < -0.4 is 20.7 Å². The summed E-state index contributed by atoms with van der Waals surface area (Å²) in [6, 6.07) is 1.74. The minimum absolute atomic E-state index is 0.0920. The van der Waals surface area contributed by atoms with Crippen LogP contribution in [0.5, 0.6) is 0 Å². The number of ether oxygens (including phenoxy) is 1. The molecule has 0 amide bonds. The Kier molecular flexibility index (Phi) is 7.43. The van der Waals surface area contributed by atoms with Crippen LogP contribution in [0.1, 0.15) is 33.1 Å². The average molecular weight is 467 g/mol. The Balaban J connectivity index is 1.63. The molecule has 2 saturated heterocycles. The predicted molar refractivity (Wildman–Crippen MR) is 137 cm³/mol. The molecule has 2 fully saturated rings. The van der Waals surface area contributed by atoms with Crippen LogP contribution in [0.4, 0.5) is 11.8 Å². The molecule has 0 radical (unpaired) electrons. The largest absolute Gasteiger partial charge is 0.381 e. The highest BCUT2D eigenvalue weighted by atomic mass is 16.5. The molecule has 2 unspecified atom stereocenters. The zero-order valence-corrected chi connectivity index (χ0v) is 20.4. The van der Waals surface area contributed by atoms with E-state index in [1.807, 2.05) is 25.4 Å². The quantitative estimate of drug-likeness (QED) is 0.311. The van der Waals surface area contributed by atoms with E-state index in [0.717, 1.165) is 62.7 Å². The minimum atomic E-state index is -0.202. The highest BCUT2D eigenvalue weighted by molar-refractivity contribution is 5.89. The van der Waals surface area contributed by atoms with Crippen LogP contribution >= 0.6 is 0 Å². The number of piperidine rings is 1. The Labute approximate surface area is 200 Å². The fourth-order valence-corrected chi connectivity index (χ4v) is 4.91. The summed E-state index contributed by atoms with van der Waals surface area (Å²) in [5.74, 6) is 1.20. The Hall–Kier alpha value is -3.04. The van der Waals surface area contributed by atoms with Crippen LogP contribution in [0.25, 0.3) is 10.9 Å². The van der Waals surface area contributed by atoms with Crippen molar-refractivity contribution in [2.24, 2.45) is 10.4 Å². The van der Waals surface area contributed by atoms with Crippen molar-refractivity contribution in [3.8, 4) is 0 Å². The zero-order chi connectivity index (χ0) is 24.1. The van der Waals surface area contributed by atoms with Gasteiger partial charge in [-0.15, -0.1) is 0 Å². The van der Waals surface area contributed by atoms with Gasteiger partial charge in [0, 0.05) is 39.0 Å². The maximum atomic E-state index is 12.7. The number of allylic oxidation sites excluding steroid dienone is 1. The van der Waals surface area contributed by atoms with E-state index in [-0.39, 0.29) is 11.6 Å². The fraction of sp³-hybridized carbons (Fsp3) is 0.520. The van der Waals surface area contributed by atoms with Gasteiger partial charge in [-0.3, -0.25) is 9.69 Å². The normalized spacial score (nSPS) is 20.2. The first kappa shape index (κ1) is 24.1. The molecule has 4 rings (SSSR count). The first-order valence-corrected chi connectivity index (χ1v) is 12.1. The molecule has 2 aromatic rings. The number of fused-ring (bicyclic) bond motifs is 1. The van der Waals surface area contributed by atoms with Gasteiger partial charge in [0.2, 0.25) is 5.95 Å². The molecule has 0 bridgehead atoms. The number of anilines is 2. The SMILES string of the molecule is C=CC(=CC(C)Nc1nc(N2CCC3(CCOC3)CC2)nc2cc[nH]c(=O)c12)[NH+](C=NC)CC. The summed E-state index contributed by atoms with van der Waals surface area (Å²) in [6.45, 7) is 12.4. The van der Waals surface area contributed by atoms with E-state index in [9.17, 15) is 4.79 Å². The Morgan fingerprint density at radius 3 is 2.85 bits per heavy atom. The number of quaternary nitrogens is 1. The second-order valence-corrected chi connectivity index (χ2v) is 9.25. The number of hydrogen-bond acceptors (Lipinski definition) is 7. The number of aromatic nitrogens is 3. The Morgan fingerprint density at radius 1 is 1.41 bits per heavy atom. The van der Waals surface area contributed by atoms with Gasteiger partial charge in [-0.2, -0.15) is 4.98 Å². The lowest BCUT2D eigenvalue weighted by molar-refractivity contribution is -0.748. The molecule has 9 heteroatoms. The molecule has 2 aliphatic heterocycles. The molecule has 1 spiro atoms. The molecule has 0 saturated carbocycles. The summed E-state index contributed by atoms with van der Waals surface area (Å²) in [5, 5.41) is 3.91. The highest BCUT2D eigenvalue weighted by Crippen LogP contribution is 2.39. The summed E-state index contributed by atoms with van der Waals surface area (Å²) in [4.78, 5) is 32.5. The first-order chi connectivity index (χ1) is 16.5. The molecule has 3 N–H and O–H groups in total. The third-order valence-corrected chi connectivity index (χ3v) is 6.95. The number of aromatic amines is 1. The number of rotatable bonds is 8. The lowest BCUT2D eigenvalue weighted by atomic mass is 9.78. The smallest absolute Gasteiger partial charge is 0.261 e. The average Bonchev–Trinajstić information content (AvgIpc) is 3.29. The number of likely N-dealkylation sites (N-methyl/N-ethyl adjacent to an activating group) is 1. The lowest BCUT2D eigenvalue weighted by Crippen LogP contribution is -3.08. The van der Waals surface area contributed by atoms with Crippen molar-refractivity contribution in [2.45, 2.75) is 39.2 Å². The van der Waals surface area contributed by atoms with Crippen molar-refractivity contribution in [3.05, 3.63) is 47.0 Å². The second kappa shape index (κ2) is 10.5. The first-order valence-electron chi connectivity index (χ1n) is 12.1. The van der Waals surface area contributed by atoms with Gasteiger partial charge in [-0.1, -0.05) is 6.58 Å². The van der Waals surface area contributed by atoms with E-state index >= 15 is 0 Å². The van der Waals surface area contributed by atoms with Gasteiger partial charge in [-0.25, -0.2) is 9.98 Å². The van der Waals surface area contributed by atoms with Gasteiger partial charge < -0.3 is 19.9 Å². The molecule has 0 aliphatic carbocycles. The molecule has 34 heavy (non-hydrogen) atoms. The van der Waals surface area contributed by atoms with Gasteiger partial charge in [0.15, 0.2) is 6.34 Å². The Bertz CT molecular complexity index is 1120.